The van der Waals surface area contributed by atoms with Crippen LogP contribution in [0, 0.1) is 0 Å². The predicted octanol–water partition coefficient (Wildman–Crippen LogP) is -0.565. The molecule has 1 aliphatic rings. The Morgan fingerprint density at radius 2 is 1.28 bits per heavy atom. The molecular weight excluding hydrogens is 290 g/mol. The van der Waals surface area contributed by atoms with E-state index in [1.54, 1.807) is 4.90 Å². The summed E-state index contributed by atoms with van der Waals surface area (Å²) in [5.74, 6) is 0. The van der Waals surface area contributed by atoms with Gasteiger partial charge in [-0.15, -0.1) is 0 Å². The molecule has 0 aromatic rings. The highest BCUT2D eigenvalue weighted by molar-refractivity contribution is 4.68. The van der Waals surface area contributed by atoms with Gasteiger partial charge in [-0.1, -0.05) is 44.9 Å². The number of rotatable bonds is 12. The Balaban J connectivity index is 0.00000289. The summed E-state index contributed by atoms with van der Waals surface area (Å²) in [7, 11) is 4.49. The Bertz CT molecular complexity index is 162. The van der Waals surface area contributed by atoms with E-state index in [2.05, 4.69) is 14.1 Å². The summed E-state index contributed by atoms with van der Waals surface area (Å²) in [4.78, 5) is 1.59. The third kappa shape index (κ3) is 12.8. The number of nitrogens with one attached hydrogen (secondary N) is 1. The van der Waals surface area contributed by atoms with Crippen molar-refractivity contribution in [3.63, 3.8) is 0 Å². The first kappa shape index (κ1) is 18.4. The molecule has 0 amide bonds. The van der Waals surface area contributed by atoms with Gasteiger partial charge in [-0.2, -0.15) is 0 Å². The van der Waals surface area contributed by atoms with Crippen LogP contribution in [0.5, 0.6) is 0 Å². The molecule has 1 unspecified atom stereocenters. The highest BCUT2D eigenvalue weighted by Crippen LogP contribution is 2.18. The fraction of sp³-hybridized carbons (Fsp3) is 1.00. The first-order valence-electron chi connectivity index (χ1n) is 7.69. The van der Waals surface area contributed by atoms with Crippen molar-refractivity contribution in [1.29, 1.82) is 0 Å². The fourth-order valence-electron chi connectivity index (χ4n) is 2.32. The molecule has 2 nitrogen and oxygen atoms in total. The van der Waals surface area contributed by atoms with Crippen LogP contribution >= 0.6 is 0 Å². The molecule has 1 heterocycles. The van der Waals surface area contributed by atoms with E-state index in [1.165, 1.54) is 70.8 Å². The molecule has 0 bridgehead atoms. The van der Waals surface area contributed by atoms with Gasteiger partial charge in [0.25, 0.3) is 0 Å². The number of halogens is 1. The second-order valence-electron chi connectivity index (χ2n) is 5.88. The molecule has 0 saturated carbocycles. The molecule has 0 radical (unpaired) electrons. The highest BCUT2D eigenvalue weighted by atomic mass is 79.9. The van der Waals surface area contributed by atoms with Gasteiger partial charge in [0.2, 0.25) is 0 Å². The lowest BCUT2D eigenvalue weighted by atomic mass is 10.1. The maximum absolute atomic E-state index is 5.21. The van der Waals surface area contributed by atoms with E-state index in [-0.39, 0.29) is 17.0 Å². The van der Waals surface area contributed by atoms with Crippen LogP contribution in [0.1, 0.15) is 64.2 Å². The van der Waals surface area contributed by atoms with Crippen LogP contribution in [0.3, 0.4) is 0 Å². The zero-order chi connectivity index (χ0) is 12.3. The standard InChI is InChI=1S/C15H31NO.BrH/c1-16(2)13-11-9-7-5-3-4-6-8-10-12-15-14-17-15;/h15H,3-14H2,1-2H3;1H. The molecular formula is C15H32BrNO. The van der Waals surface area contributed by atoms with E-state index in [0.29, 0.717) is 6.10 Å². The van der Waals surface area contributed by atoms with E-state index in [1.807, 2.05) is 0 Å². The smallest absolute Gasteiger partial charge is 0.0810 e. The SMILES string of the molecule is C[NH+](C)CCCCCCCCCCCC1CO1.[Br-]. The van der Waals surface area contributed by atoms with Crippen molar-refractivity contribution in [2.24, 2.45) is 0 Å². The van der Waals surface area contributed by atoms with Gasteiger partial charge in [0.05, 0.1) is 33.4 Å². The molecule has 0 aromatic carbocycles. The molecule has 1 atom stereocenters. The van der Waals surface area contributed by atoms with Gasteiger partial charge in [0.1, 0.15) is 0 Å². The van der Waals surface area contributed by atoms with Crippen molar-refractivity contribution >= 4 is 0 Å². The maximum atomic E-state index is 5.21. The molecule has 1 aliphatic heterocycles. The molecule has 1 fully saturated rings. The zero-order valence-electron chi connectivity index (χ0n) is 12.3. The third-order valence-electron chi connectivity index (χ3n) is 3.61. The Morgan fingerprint density at radius 1 is 0.833 bits per heavy atom. The summed E-state index contributed by atoms with van der Waals surface area (Å²) in [6.45, 7) is 2.37. The summed E-state index contributed by atoms with van der Waals surface area (Å²) >= 11 is 0. The van der Waals surface area contributed by atoms with Crippen molar-refractivity contribution < 1.29 is 26.6 Å². The van der Waals surface area contributed by atoms with Crippen LogP contribution < -0.4 is 21.9 Å². The lowest BCUT2D eigenvalue weighted by molar-refractivity contribution is -0.858. The highest BCUT2D eigenvalue weighted by Gasteiger charge is 2.20. The Hall–Kier alpha value is 0.400. The van der Waals surface area contributed by atoms with Crippen molar-refractivity contribution in [2.45, 2.75) is 70.3 Å². The normalized spacial score (nSPS) is 17.8. The minimum absolute atomic E-state index is 0. The number of unbranched alkanes of at least 4 members (excludes halogenated alkanes) is 8. The summed E-state index contributed by atoms with van der Waals surface area (Å²) in [5.41, 5.74) is 0. The van der Waals surface area contributed by atoms with E-state index in [0.717, 1.165) is 6.61 Å². The number of hydrogen-bond acceptors (Lipinski definition) is 1. The zero-order valence-corrected chi connectivity index (χ0v) is 13.9. The van der Waals surface area contributed by atoms with Gasteiger partial charge in [-0.25, -0.2) is 0 Å². The van der Waals surface area contributed by atoms with Crippen molar-refractivity contribution in [3.05, 3.63) is 0 Å². The Labute approximate surface area is 124 Å². The second kappa shape index (κ2) is 12.4. The molecule has 0 aromatic heterocycles. The topological polar surface area (TPSA) is 17.0 Å². The molecule has 1 saturated heterocycles. The maximum Gasteiger partial charge on any atom is 0.0810 e. The number of ether oxygens (including phenoxy) is 1. The summed E-state index contributed by atoms with van der Waals surface area (Å²) in [5, 5.41) is 0. The summed E-state index contributed by atoms with van der Waals surface area (Å²) < 4.78 is 5.21. The lowest BCUT2D eigenvalue weighted by Gasteiger charge is -2.06. The van der Waals surface area contributed by atoms with Crippen molar-refractivity contribution in [1.82, 2.24) is 0 Å². The second-order valence-corrected chi connectivity index (χ2v) is 5.88. The minimum atomic E-state index is 0. The monoisotopic (exact) mass is 321 g/mol. The largest absolute Gasteiger partial charge is 1.00 e. The van der Waals surface area contributed by atoms with Crippen LogP contribution in [-0.2, 0) is 4.74 Å². The summed E-state index contributed by atoms with van der Waals surface area (Å²) in [6.07, 6.45) is 14.8. The molecule has 1 rings (SSSR count). The Kier molecular flexibility index (Phi) is 12.7. The Morgan fingerprint density at radius 3 is 1.72 bits per heavy atom. The van der Waals surface area contributed by atoms with E-state index < -0.39 is 0 Å². The van der Waals surface area contributed by atoms with Gasteiger partial charge in [0.15, 0.2) is 0 Å². The van der Waals surface area contributed by atoms with Crippen LogP contribution in [0.15, 0.2) is 0 Å². The van der Waals surface area contributed by atoms with Gasteiger partial charge in [-0.05, 0) is 19.3 Å². The first-order chi connectivity index (χ1) is 8.29. The minimum Gasteiger partial charge on any atom is -1.00 e. The van der Waals surface area contributed by atoms with Crippen molar-refractivity contribution in [2.75, 3.05) is 27.2 Å². The number of hydrogen-bond donors (Lipinski definition) is 1. The van der Waals surface area contributed by atoms with Crippen LogP contribution in [-0.4, -0.2) is 33.4 Å². The quantitative estimate of drug-likeness (QED) is 0.376. The predicted molar refractivity (Wildman–Crippen MR) is 73.6 cm³/mol. The molecule has 0 spiro atoms. The third-order valence-corrected chi connectivity index (χ3v) is 3.61. The van der Waals surface area contributed by atoms with Gasteiger partial charge >= 0.3 is 0 Å². The van der Waals surface area contributed by atoms with Gasteiger partial charge < -0.3 is 26.6 Å². The van der Waals surface area contributed by atoms with E-state index >= 15 is 0 Å². The van der Waals surface area contributed by atoms with Crippen LogP contribution in [0.25, 0.3) is 0 Å². The van der Waals surface area contributed by atoms with Crippen LogP contribution in [0.2, 0.25) is 0 Å². The van der Waals surface area contributed by atoms with E-state index in [9.17, 15) is 0 Å². The van der Waals surface area contributed by atoms with Gasteiger partial charge in [-0.3, -0.25) is 0 Å². The first-order valence-corrected chi connectivity index (χ1v) is 7.69. The average Bonchev–Trinajstić information content (AvgIpc) is 3.09. The number of quaternary nitrogens is 1. The summed E-state index contributed by atoms with van der Waals surface area (Å²) in [6, 6.07) is 0. The molecule has 1 N–H and O–H groups in total. The van der Waals surface area contributed by atoms with Crippen LogP contribution in [0.4, 0.5) is 0 Å². The van der Waals surface area contributed by atoms with E-state index in [4.69, 9.17) is 4.74 Å². The lowest BCUT2D eigenvalue weighted by Crippen LogP contribution is -3.05. The van der Waals surface area contributed by atoms with Gasteiger partial charge in [0, 0.05) is 0 Å². The average molecular weight is 322 g/mol. The molecule has 3 heteroatoms. The molecule has 110 valence electrons. The molecule has 0 aliphatic carbocycles. The molecule has 18 heavy (non-hydrogen) atoms. The fourth-order valence-corrected chi connectivity index (χ4v) is 2.32. The van der Waals surface area contributed by atoms with Crippen molar-refractivity contribution in [3.8, 4) is 0 Å². The number of epoxide rings is 1.